The first-order chi connectivity index (χ1) is 19.6. The number of phosphoric ester groups is 1. The molecule has 0 saturated carbocycles. The van der Waals surface area contributed by atoms with E-state index in [1.54, 1.807) is 33.8 Å². The largest absolute Gasteiger partial charge is 0.475 e. The second kappa shape index (κ2) is 11.7. The van der Waals surface area contributed by atoms with Crippen molar-refractivity contribution >= 4 is 47.1 Å². The van der Waals surface area contributed by atoms with Crippen molar-refractivity contribution in [3.63, 3.8) is 0 Å². The number of phosphoric acid groups is 1. The number of imidazole rings is 1. The molecular formula is C23H30BrFN7O9P. The number of hydrogen-bond acceptors (Lipinski definition) is 14. The summed E-state index contributed by atoms with van der Waals surface area (Å²) < 4.78 is 54.4. The van der Waals surface area contributed by atoms with Gasteiger partial charge in [0.05, 0.1) is 31.9 Å². The summed E-state index contributed by atoms with van der Waals surface area (Å²) >= 11 is 2.78. The molecule has 6 atom stereocenters. The van der Waals surface area contributed by atoms with Crippen LogP contribution in [0.3, 0.4) is 0 Å². The molecule has 2 aliphatic rings. The predicted molar refractivity (Wildman–Crippen MR) is 143 cm³/mol. The molecule has 19 heteroatoms. The zero-order chi connectivity index (χ0) is 31.1. The van der Waals surface area contributed by atoms with E-state index < -0.39 is 60.2 Å². The molecule has 0 aromatic carbocycles. The van der Waals surface area contributed by atoms with Crippen LogP contribution in [0.5, 0.6) is 0 Å². The topological polar surface area (TPSA) is 223 Å². The normalized spacial score (nSPS) is 32.5. The summed E-state index contributed by atoms with van der Waals surface area (Å²) in [5.74, 6) is -1.24. The Bertz CT molecular complexity index is 1450. The van der Waals surface area contributed by atoms with Crippen LogP contribution in [0.15, 0.2) is 12.5 Å². The number of aliphatic hydroxyl groups is 1. The molecule has 0 bridgehead atoms. The van der Waals surface area contributed by atoms with Crippen molar-refractivity contribution in [3.8, 4) is 6.07 Å². The van der Waals surface area contributed by atoms with E-state index in [9.17, 15) is 24.5 Å². The number of anilines is 1. The van der Waals surface area contributed by atoms with Gasteiger partial charge in [0.25, 0.3) is 0 Å². The Hall–Kier alpha value is -2.78. The Morgan fingerprint density at radius 2 is 2.14 bits per heavy atom. The van der Waals surface area contributed by atoms with E-state index in [-0.39, 0.29) is 42.8 Å². The summed E-state index contributed by atoms with van der Waals surface area (Å²) in [7, 11) is -4.47. The number of aliphatic hydroxyl groups excluding tert-OH is 1. The minimum Gasteiger partial charge on any atom is -0.463 e. The van der Waals surface area contributed by atoms with Crippen LogP contribution in [0.4, 0.5) is 10.2 Å². The summed E-state index contributed by atoms with van der Waals surface area (Å²) in [6, 6.07) is 1.72. The van der Waals surface area contributed by atoms with E-state index in [0.29, 0.717) is 0 Å². The van der Waals surface area contributed by atoms with Gasteiger partial charge in [0.2, 0.25) is 16.1 Å². The van der Waals surface area contributed by atoms with Crippen molar-refractivity contribution in [1.82, 2.24) is 24.9 Å². The van der Waals surface area contributed by atoms with Crippen LogP contribution in [0.25, 0.3) is 5.65 Å². The van der Waals surface area contributed by atoms with Crippen molar-refractivity contribution in [2.45, 2.75) is 68.7 Å². The monoisotopic (exact) mass is 677 g/mol. The van der Waals surface area contributed by atoms with E-state index in [4.69, 9.17) is 28.8 Å². The fraction of sp³-hybridized carbons (Fsp3) is 0.652. The molecule has 4 N–H and O–H groups in total. The molecule has 0 radical (unpaired) electrons. The number of fused-ring (bicyclic) bond motifs is 1. The number of hydrogen-bond donors (Lipinski definition) is 3. The van der Waals surface area contributed by atoms with E-state index >= 15 is 4.39 Å². The lowest BCUT2D eigenvalue weighted by molar-refractivity contribution is -0.147. The van der Waals surface area contributed by atoms with Crippen molar-refractivity contribution in [2.75, 3.05) is 25.5 Å². The van der Waals surface area contributed by atoms with Gasteiger partial charge in [0, 0.05) is 12.0 Å². The Morgan fingerprint density at radius 3 is 2.81 bits per heavy atom. The number of carbonyl (C=O) groups is 2. The zero-order valence-electron chi connectivity index (χ0n) is 23.0. The van der Waals surface area contributed by atoms with Gasteiger partial charge in [-0.25, -0.2) is 23.4 Å². The number of rotatable bonds is 9. The van der Waals surface area contributed by atoms with Gasteiger partial charge in [-0.1, -0.05) is 13.8 Å². The van der Waals surface area contributed by atoms with Crippen LogP contribution in [0, 0.1) is 16.7 Å². The molecule has 4 heterocycles. The molecule has 2 aliphatic heterocycles. The predicted octanol–water partition coefficient (Wildman–Crippen LogP) is 1.27. The van der Waals surface area contributed by atoms with Gasteiger partial charge in [-0.05, 0) is 29.8 Å². The van der Waals surface area contributed by atoms with E-state index in [2.05, 4.69) is 36.3 Å². The number of alkyl halides is 2. The lowest BCUT2D eigenvalue weighted by Crippen LogP contribution is -2.50. The van der Waals surface area contributed by atoms with E-state index in [0.717, 1.165) is 17.0 Å². The smallest absolute Gasteiger partial charge is 0.463 e. The first kappa shape index (κ1) is 32.1. The summed E-state index contributed by atoms with van der Waals surface area (Å²) in [4.78, 5) is 32.5. The molecule has 2 saturated heterocycles. The number of halogens is 2. The fourth-order valence-electron chi connectivity index (χ4n) is 4.36. The average molecular weight is 678 g/mol. The number of amides is 1. The van der Waals surface area contributed by atoms with Crippen molar-refractivity contribution in [3.05, 3.63) is 18.2 Å². The minimum absolute atomic E-state index is 0.0143. The van der Waals surface area contributed by atoms with Crippen LogP contribution in [-0.2, 0) is 42.8 Å². The molecule has 1 amide bonds. The Labute approximate surface area is 247 Å². The lowest BCUT2D eigenvalue weighted by Gasteiger charge is -2.39. The SMILES string of the molecule is CC(C)OC(=O)CCNC(=O)[C@@H]1OP(=O)(OC[C@H]2O[C@@](C#N)(c3cnc4c(N)ncnn34)C(F)(Br)[C@H]2O)OCC1(C)C. The number of nitrogens with one attached hydrogen (secondary N) is 1. The quantitative estimate of drug-likeness (QED) is 0.193. The maximum absolute atomic E-state index is 16.1. The average Bonchev–Trinajstić information content (AvgIpc) is 3.43. The van der Waals surface area contributed by atoms with Gasteiger partial charge in [0.15, 0.2) is 17.6 Å². The van der Waals surface area contributed by atoms with Gasteiger partial charge in [-0.2, -0.15) is 10.4 Å². The highest BCUT2D eigenvalue weighted by Crippen LogP contribution is 2.59. The number of nitrogens with two attached hydrogens (primary N) is 1. The minimum atomic E-state index is -4.47. The molecule has 2 aromatic rings. The summed E-state index contributed by atoms with van der Waals surface area (Å²) in [6.07, 6.45) is -3.21. The first-order valence-corrected chi connectivity index (χ1v) is 15.0. The molecule has 4 rings (SSSR count). The molecule has 42 heavy (non-hydrogen) atoms. The number of nitrogens with zero attached hydrogens (tertiary/aromatic N) is 5. The Morgan fingerprint density at radius 1 is 1.43 bits per heavy atom. The van der Waals surface area contributed by atoms with Crippen LogP contribution in [0.1, 0.15) is 39.8 Å². The highest BCUT2D eigenvalue weighted by molar-refractivity contribution is 9.10. The van der Waals surface area contributed by atoms with Gasteiger partial charge in [0.1, 0.15) is 30.3 Å². The number of nitriles is 1. The second-order valence-corrected chi connectivity index (χ2v) is 13.4. The Kier molecular flexibility index (Phi) is 8.97. The van der Waals surface area contributed by atoms with E-state index in [1.165, 1.54) is 0 Å². The third kappa shape index (κ3) is 5.87. The first-order valence-electron chi connectivity index (χ1n) is 12.7. The van der Waals surface area contributed by atoms with Crippen LogP contribution in [0.2, 0.25) is 0 Å². The van der Waals surface area contributed by atoms with Crippen LogP contribution in [-0.4, -0.2) is 85.3 Å². The highest BCUT2D eigenvalue weighted by atomic mass is 79.9. The molecule has 230 valence electrons. The maximum atomic E-state index is 16.1. The fourth-order valence-corrected chi connectivity index (χ4v) is 6.70. The summed E-state index contributed by atoms with van der Waals surface area (Å²) in [6.45, 7) is 5.58. The number of esters is 1. The summed E-state index contributed by atoms with van der Waals surface area (Å²) in [5.41, 5.74) is 2.10. The van der Waals surface area contributed by atoms with Crippen LogP contribution >= 0.6 is 23.8 Å². The van der Waals surface area contributed by atoms with Gasteiger partial charge in [-0.3, -0.25) is 23.2 Å². The van der Waals surface area contributed by atoms with Crippen molar-refractivity contribution in [1.29, 1.82) is 5.26 Å². The van der Waals surface area contributed by atoms with Crippen molar-refractivity contribution in [2.24, 2.45) is 5.41 Å². The van der Waals surface area contributed by atoms with Gasteiger partial charge < -0.3 is 25.6 Å². The summed E-state index contributed by atoms with van der Waals surface area (Å²) in [5, 5.41) is 27.4. The standard InChI is InChI=1S/C23H30BrFN7O9P/c1-12(2)39-15(33)5-6-28-20(35)17-21(3,4)10-38-42(36,41-17)37-8-13-16(34)23(24,25)22(9-26,40-13)14-7-29-19-18(27)30-11-31-32(14)19/h7,11-13,16-17,34H,5-6,8,10H2,1-4H3,(H,28,35)(H2,27,30,31)/t13-,16+,17+,22+,23?,42?/m1/s1. The molecule has 0 spiro atoms. The maximum Gasteiger partial charge on any atom is 0.475 e. The molecular weight excluding hydrogens is 648 g/mol. The number of carbonyl (C=O) groups excluding carboxylic acids is 2. The highest BCUT2D eigenvalue weighted by Gasteiger charge is 2.69. The zero-order valence-corrected chi connectivity index (χ0v) is 25.5. The van der Waals surface area contributed by atoms with Crippen LogP contribution < -0.4 is 11.1 Å². The molecule has 2 unspecified atom stereocenters. The molecule has 16 nitrogen and oxygen atoms in total. The number of aromatic nitrogens is 4. The number of ether oxygens (including phenoxy) is 2. The second-order valence-electron chi connectivity index (χ2n) is 10.6. The third-order valence-corrected chi connectivity index (χ3v) is 8.95. The molecule has 2 aromatic heterocycles. The lowest BCUT2D eigenvalue weighted by atomic mass is 9.87. The van der Waals surface area contributed by atoms with Gasteiger partial charge >= 0.3 is 13.8 Å². The Balaban J connectivity index is 1.47. The third-order valence-electron chi connectivity index (χ3n) is 6.54. The van der Waals surface area contributed by atoms with E-state index in [1.807, 2.05) is 0 Å². The molecule has 2 fully saturated rings. The molecule has 0 aliphatic carbocycles. The number of nitrogen functional groups attached to an aromatic ring is 1. The van der Waals surface area contributed by atoms with Gasteiger partial charge in [-0.15, -0.1) is 0 Å². The van der Waals surface area contributed by atoms with Crippen molar-refractivity contribution < 1.29 is 46.7 Å².